The summed E-state index contributed by atoms with van der Waals surface area (Å²) >= 11 is 0. The fraction of sp³-hybridized carbons (Fsp3) is 0.700. The minimum Gasteiger partial charge on any atom is -0.399 e. The molecule has 0 aromatic heterocycles. The van der Waals surface area contributed by atoms with Gasteiger partial charge in [0.05, 0.1) is 30.4 Å². The molecule has 1 spiro atoms. The summed E-state index contributed by atoms with van der Waals surface area (Å²) in [5.41, 5.74) is 5.38. The molecule has 0 aromatic carbocycles. The van der Waals surface area contributed by atoms with Crippen molar-refractivity contribution in [1.82, 2.24) is 0 Å². The summed E-state index contributed by atoms with van der Waals surface area (Å²) in [6, 6.07) is 0.0167. The van der Waals surface area contributed by atoms with Gasteiger partial charge in [-0.15, -0.1) is 0 Å². The van der Waals surface area contributed by atoms with E-state index in [1.165, 1.54) is 0 Å². The number of aliphatic imine (C=N–C) groups is 1. The molecule has 2 N–H and O–H groups in total. The van der Waals surface area contributed by atoms with Crippen LogP contribution in [0.25, 0.3) is 0 Å². The van der Waals surface area contributed by atoms with Gasteiger partial charge in [0.1, 0.15) is 5.71 Å². The normalized spacial score (nSPS) is 25.0. The van der Waals surface area contributed by atoms with E-state index in [1.54, 1.807) is 6.92 Å². The van der Waals surface area contributed by atoms with Crippen molar-refractivity contribution < 1.29 is 14.4 Å². The topological polar surface area (TPSA) is 100.0 Å². The van der Waals surface area contributed by atoms with Crippen molar-refractivity contribution >= 4 is 5.71 Å². The molecule has 0 atom stereocenters. The molecule has 1 saturated heterocycles. The van der Waals surface area contributed by atoms with Crippen molar-refractivity contribution in [3.8, 4) is 0 Å². The molecule has 17 heavy (non-hydrogen) atoms. The van der Waals surface area contributed by atoms with Crippen LogP contribution in [0.1, 0.15) is 19.8 Å². The third-order valence-corrected chi connectivity index (χ3v) is 3.01. The third-order valence-electron chi connectivity index (χ3n) is 3.01. The summed E-state index contributed by atoms with van der Waals surface area (Å²) < 4.78 is 10.9. The fourth-order valence-corrected chi connectivity index (χ4v) is 2.14. The van der Waals surface area contributed by atoms with Crippen LogP contribution < -0.4 is 5.73 Å². The summed E-state index contributed by atoms with van der Waals surface area (Å²) in [6.45, 7) is 2.80. The molecule has 1 saturated carbocycles. The SMILES string of the molecule is CC(=NC1CC2(C1)OCCO2)C(=CN)[N+](=O)[O-]. The minimum atomic E-state index is -0.532. The van der Waals surface area contributed by atoms with Crippen molar-refractivity contribution in [3.63, 3.8) is 0 Å². The van der Waals surface area contributed by atoms with E-state index in [0.717, 1.165) is 6.20 Å². The first kappa shape index (κ1) is 12.0. The lowest BCUT2D eigenvalue weighted by Crippen LogP contribution is -2.47. The number of nitro groups is 1. The molecule has 0 amide bonds. The summed E-state index contributed by atoms with van der Waals surface area (Å²) in [5.74, 6) is -0.477. The maximum absolute atomic E-state index is 10.6. The second kappa shape index (κ2) is 4.42. The zero-order chi connectivity index (χ0) is 12.5. The van der Waals surface area contributed by atoms with E-state index in [0.29, 0.717) is 31.8 Å². The number of nitrogens with zero attached hydrogens (tertiary/aromatic N) is 2. The lowest BCUT2D eigenvalue weighted by molar-refractivity contribution is -0.415. The quantitative estimate of drug-likeness (QED) is 0.438. The average Bonchev–Trinajstić information content (AvgIpc) is 2.66. The van der Waals surface area contributed by atoms with Crippen LogP contribution in [0.5, 0.6) is 0 Å². The van der Waals surface area contributed by atoms with Gasteiger partial charge in [-0.25, -0.2) is 0 Å². The molecular formula is C10H15N3O4. The number of allylic oxidation sites excluding steroid dienone is 1. The van der Waals surface area contributed by atoms with Crippen LogP contribution in [0, 0.1) is 10.1 Å². The molecule has 0 unspecified atom stereocenters. The Kier molecular flexibility index (Phi) is 3.12. The molecule has 2 fully saturated rings. The fourth-order valence-electron chi connectivity index (χ4n) is 2.14. The van der Waals surface area contributed by atoms with E-state index in [9.17, 15) is 10.1 Å². The van der Waals surface area contributed by atoms with Gasteiger partial charge in [0.15, 0.2) is 5.79 Å². The second-order valence-electron chi connectivity index (χ2n) is 4.19. The Morgan fingerprint density at radius 1 is 1.53 bits per heavy atom. The number of hydrogen-bond donors (Lipinski definition) is 1. The third kappa shape index (κ3) is 2.29. The van der Waals surface area contributed by atoms with Crippen molar-refractivity contribution in [1.29, 1.82) is 0 Å². The molecule has 1 heterocycles. The second-order valence-corrected chi connectivity index (χ2v) is 4.19. The van der Waals surface area contributed by atoms with Gasteiger partial charge in [-0.05, 0) is 6.92 Å². The number of rotatable bonds is 3. The Bertz CT molecular complexity index is 377. The molecule has 1 aliphatic heterocycles. The first-order valence-corrected chi connectivity index (χ1v) is 5.45. The van der Waals surface area contributed by atoms with Gasteiger partial charge in [-0.3, -0.25) is 15.1 Å². The van der Waals surface area contributed by atoms with Crippen molar-refractivity contribution in [2.45, 2.75) is 31.6 Å². The minimum absolute atomic E-state index is 0.0167. The number of nitrogens with two attached hydrogens (primary N) is 1. The molecule has 0 bridgehead atoms. The Balaban J connectivity index is 1.95. The smallest absolute Gasteiger partial charge is 0.305 e. The maximum atomic E-state index is 10.6. The van der Waals surface area contributed by atoms with Crippen molar-refractivity contribution in [2.24, 2.45) is 10.7 Å². The van der Waals surface area contributed by atoms with E-state index >= 15 is 0 Å². The summed E-state index contributed by atoms with van der Waals surface area (Å²) in [6.07, 6.45) is 2.27. The Morgan fingerprint density at radius 2 is 2.12 bits per heavy atom. The molecule has 0 radical (unpaired) electrons. The van der Waals surface area contributed by atoms with Gasteiger partial charge in [0.25, 0.3) is 0 Å². The molecule has 1 aliphatic carbocycles. The zero-order valence-electron chi connectivity index (χ0n) is 9.59. The Morgan fingerprint density at radius 3 is 2.59 bits per heavy atom. The standard InChI is InChI=1S/C10H15N3O4/c1-7(9(6-11)13(14)15)12-8-4-10(5-8)16-2-3-17-10/h6,8H,2-5,11H2,1H3. The molecule has 0 aromatic rings. The monoisotopic (exact) mass is 241 g/mol. The first-order valence-electron chi connectivity index (χ1n) is 5.45. The van der Waals surface area contributed by atoms with Crippen LogP contribution in [0.15, 0.2) is 16.9 Å². The predicted octanol–water partition coefficient (Wildman–Crippen LogP) is 0.430. The Labute approximate surface area is 98.4 Å². The Hall–Kier alpha value is -1.47. The highest BCUT2D eigenvalue weighted by Crippen LogP contribution is 2.41. The van der Waals surface area contributed by atoms with Crippen LogP contribution in [-0.2, 0) is 9.47 Å². The van der Waals surface area contributed by atoms with E-state index < -0.39 is 10.7 Å². The highest BCUT2D eigenvalue weighted by atomic mass is 16.7. The van der Waals surface area contributed by atoms with E-state index in [-0.39, 0.29) is 11.7 Å². The summed E-state index contributed by atoms with van der Waals surface area (Å²) in [5, 5.41) is 10.6. The van der Waals surface area contributed by atoms with E-state index in [1.807, 2.05) is 0 Å². The number of ether oxygens (including phenoxy) is 2. The molecule has 7 heteroatoms. The van der Waals surface area contributed by atoms with Crippen molar-refractivity contribution in [3.05, 3.63) is 22.0 Å². The first-order chi connectivity index (χ1) is 8.06. The van der Waals surface area contributed by atoms with Gasteiger partial charge >= 0.3 is 5.70 Å². The predicted molar refractivity (Wildman–Crippen MR) is 60.0 cm³/mol. The molecule has 2 aliphatic rings. The van der Waals surface area contributed by atoms with Crippen LogP contribution >= 0.6 is 0 Å². The maximum Gasteiger partial charge on any atom is 0.305 e. The van der Waals surface area contributed by atoms with E-state index in [2.05, 4.69) is 4.99 Å². The average molecular weight is 241 g/mol. The van der Waals surface area contributed by atoms with Crippen LogP contribution in [0.3, 0.4) is 0 Å². The lowest BCUT2D eigenvalue weighted by Gasteiger charge is -2.40. The zero-order valence-corrected chi connectivity index (χ0v) is 9.59. The molecule has 2 rings (SSSR count). The highest BCUT2D eigenvalue weighted by Gasteiger charge is 2.49. The van der Waals surface area contributed by atoms with Gasteiger partial charge in [0.2, 0.25) is 0 Å². The van der Waals surface area contributed by atoms with E-state index in [4.69, 9.17) is 15.2 Å². The highest BCUT2D eigenvalue weighted by molar-refractivity contribution is 5.96. The molecule has 7 nitrogen and oxygen atoms in total. The number of hydrogen-bond acceptors (Lipinski definition) is 6. The van der Waals surface area contributed by atoms with Crippen molar-refractivity contribution in [2.75, 3.05) is 13.2 Å². The van der Waals surface area contributed by atoms with Crippen LogP contribution in [-0.4, -0.2) is 35.7 Å². The largest absolute Gasteiger partial charge is 0.399 e. The van der Waals surface area contributed by atoms with Gasteiger partial charge < -0.3 is 15.2 Å². The summed E-state index contributed by atoms with van der Waals surface area (Å²) in [4.78, 5) is 14.4. The molecule has 94 valence electrons. The lowest BCUT2D eigenvalue weighted by atomic mass is 9.85. The van der Waals surface area contributed by atoms with Crippen LogP contribution in [0.2, 0.25) is 0 Å². The summed E-state index contributed by atoms with van der Waals surface area (Å²) in [7, 11) is 0. The van der Waals surface area contributed by atoms with Gasteiger partial charge in [0, 0.05) is 12.8 Å². The van der Waals surface area contributed by atoms with Gasteiger partial charge in [-0.2, -0.15) is 0 Å². The van der Waals surface area contributed by atoms with Crippen LogP contribution in [0.4, 0.5) is 0 Å². The van der Waals surface area contributed by atoms with Gasteiger partial charge in [-0.1, -0.05) is 0 Å². The molecular weight excluding hydrogens is 226 g/mol.